The summed E-state index contributed by atoms with van der Waals surface area (Å²) in [5, 5.41) is 0. The molecule has 4 heterocycles. The molecule has 5 atom stereocenters. The van der Waals surface area contributed by atoms with Crippen molar-refractivity contribution in [3.63, 3.8) is 0 Å². The molecule has 216 valence electrons. The molecule has 0 radical (unpaired) electrons. The fraction of sp³-hybridized carbons (Fsp3) is 0.759. The number of likely N-dealkylation sites (tertiary alicyclic amines) is 1. The highest BCUT2D eigenvalue weighted by Gasteiger charge is 2.44. The van der Waals surface area contributed by atoms with E-state index in [0.717, 1.165) is 58.2 Å². The molecule has 2 aliphatic carbocycles. The molecule has 0 bridgehead atoms. The van der Waals surface area contributed by atoms with Crippen molar-refractivity contribution in [2.45, 2.75) is 102 Å². The number of fused-ring (bicyclic) bond motifs is 1. The minimum Gasteiger partial charge on any atom is -0.296 e. The number of imidazole rings is 1. The van der Waals surface area contributed by atoms with Gasteiger partial charge in [0.05, 0.1) is 23.9 Å². The maximum absolute atomic E-state index is 14.3. The molecule has 2 aromatic heterocycles. The van der Waals surface area contributed by atoms with Crippen LogP contribution in [-0.2, 0) is 12.7 Å². The molecule has 2 aromatic rings. The molecular weight excluding hydrogens is 505 g/mol. The van der Waals surface area contributed by atoms with Gasteiger partial charge in [-0.1, -0.05) is 32.1 Å². The van der Waals surface area contributed by atoms with Crippen LogP contribution in [0.2, 0.25) is 0 Å². The lowest BCUT2D eigenvalue weighted by Crippen LogP contribution is -2.50. The number of hydrogen-bond donors (Lipinski definition) is 2. The Balaban J connectivity index is 1.31. The molecule has 0 aromatic carbocycles. The zero-order valence-electron chi connectivity index (χ0n) is 23.2. The van der Waals surface area contributed by atoms with Crippen LogP contribution in [0.3, 0.4) is 0 Å². The number of hydrazine groups is 1. The normalized spacial score (nSPS) is 30.6. The molecule has 10 heteroatoms. The van der Waals surface area contributed by atoms with E-state index in [1.54, 1.807) is 10.8 Å². The molecule has 39 heavy (non-hydrogen) atoms. The van der Waals surface area contributed by atoms with Gasteiger partial charge in [-0.05, 0) is 82.0 Å². The van der Waals surface area contributed by atoms with Crippen LogP contribution in [0.1, 0.15) is 88.3 Å². The maximum Gasteiger partial charge on any atom is 0.418 e. The predicted molar refractivity (Wildman–Crippen MR) is 145 cm³/mol. The first-order valence-corrected chi connectivity index (χ1v) is 15.0. The topological polar surface area (TPSA) is 57.0 Å². The second-order valence-electron chi connectivity index (χ2n) is 12.7. The monoisotopic (exact) mass is 548 g/mol. The van der Waals surface area contributed by atoms with Gasteiger partial charge in [-0.15, -0.1) is 0 Å². The lowest BCUT2D eigenvalue weighted by atomic mass is 9.65. The van der Waals surface area contributed by atoms with Crippen molar-refractivity contribution < 1.29 is 13.2 Å². The quantitative estimate of drug-likeness (QED) is 0.534. The van der Waals surface area contributed by atoms with Crippen molar-refractivity contribution in [3.8, 4) is 0 Å². The van der Waals surface area contributed by atoms with Gasteiger partial charge in [0.25, 0.3) is 0 Å². The number of alkyl halides is 3. The maximum atomic E-state index is 14.3. The summed E-state index contributed by atoms with van der Waals surface area (Å²) in [7, 11) is 2.13. The largest absolute Gasteiger partial charge is 0.418 e. The van der Waals surface area contributed by atoms with Gasteiger partial charge >= 0.3 is 11.9 Å². The highest BCUT2D eigenvalue weighted by Crippen LogP contribution is 2.47. The van der Waals surface area contributed by atoms with Crippen LogP contribution in [0.5, 0.6) is 0 Å². The third-order valence-electron chi connectivity index (χ3n) is 10.2. The van der Waals surface area contributed by atoms with Crippen molar-refractivity contribution in [2.24, 2.45) is 17.8 Å². The van der Waals surface area contributed by atoms with Gasteiger partial charge in [-0.25, -0.2) is 15.6 Å². The Kier molecular flexibility index (Phi) is 7.58. The predicted octanol–water partition coefficient (Wildman–Crippen LogP) is 4.97. The van der Waals surface area contributed by atoms with Crippen LogP contribution in [0.4, 0.5) is 13.2 Å². The van der Waals surface area contributed by atoms with Crippen molar-refractivity contribution in [1.29, 1.82) is 0 Å². The summed E-state index contributed by atoms with van der Waals surface area (Å²) in [5.41, 5.74) is 6.24. The third-order valence-corrected chi connectivity index (χ3v) is 10.2. The van der Waals surface area contributed by atoms with Gasteiger partial charge in [-0.2, -0.15) is 13.2 Å². The zero-order valence-corrected chi connectivity index (χ0v) is 23.2. The molecule has 2 N–H and O–H groups in total. The Labute approximate surface area is 228 Å². The smallest absolute Gasteiger partial charge is 0.296 e. The van der Waals surface area contributed by atoms with E-state index in [2.05, 4.69) is 34.6 Å². The van der Waals surface area contributed by atoms with Crippen LogP contribution in [0.15, 0.2) is 23.3 Å². The molecule has 4 fully saturated rings. The molecule has 0 spiro atoms. The van der Waals surface area contributed by atoms with Gasteiger partial charge in [-0.3, -0.25) is 18.8 Å². The van der Waals surface area contributed by atoms with Crippen molar-refractivity contribution in [1.82, 2.24) is 29.6 Å². The Morgan fingerprint density at radius 1 is 1.03 bits per heavy atom. The molecule has 2 saturated carbocycles. The molecule has 0 amide bonds. The van der Waals surface area contributed by atoms with Gasteiger partial charge in [0.15, 0.2) is 0 Å². The second kappa shape index (κ2) is 10.8. The summed E-state index contributed by atoms with van der Waals surface area (Å²) in [5.74, 6) is 1.57. The standard InChI is InChI=1S/C29H43F3N6O/c1-19-7-3-4-12-36(19)15-20-13-24(29(30,31)32)25-17-37(28(39)38(25)16-20)23-11-6-10-22(14-23)26(21-8-5-9-21)27-34-33-18-35(27)2/h13,16-17,19,21-23,26-27,33-34H,3-12,14-15,18H2,1-2H3/t19-,22?,23?,26-,27?/m0/s1. The van der Waals surface area contributed by atoms with E-state index in [4.69, 9.17) is 0 Å². The van der Waals surface area contributed by atoms with Crippen LogP contribution < -0.4 is 16.5 Å². The Morgan fingerprint density at radius 2 is 1.79 bits per heavy atom. The minimum atomic E-state index is -4.52. The lowest BCUT2D eigenvalue weighted by molar-refractivity contribution is -0.136. The van der Waals surface area contributed by atoms with Crippen LogP contribution in [0, 0.1) is 17.8 Å². The summed E-state index contributed by atoms with van der Waals surface area (Å²) >= 11 is 0. The Hall–Kier alpha value is -1.88. The number of nitrogens with zero attached hydrogens (tertiary/aromatic N) is 4. The van der Waals surface area contributed by atoms with Gasteiger partial charge in [0, 0.05) is 31.0 Å². The molecule has 4 aliphatic rings. The van der Waals surface area contributed by atoms with Gasteiger partial charge < -0.3 is 0 Å². The van der Waals surface area contributed by atoms with E-state index in [9.17, 15) is 18.0 Å². The lowest BCUT2D eigenvalue weighted by Gasteiger charge is -2.46. The summed E-state index contributed by atoms with van der Waals surface area (Å²) < 4.78 is 45.8. The molecule has 7 nitrogen and oxygen atoms in total. The average molecular weight is 549 g/mol. The summed E-state index contributed by atoms with van der Waals surface area (Å²) in [6.45, 7) is 4.24. The molecule has 2 saturated heterocycles. The number of rotatable bonds is 6. The first kappa shape index (κ1) is 27.3. The molecule has 6 rings (SSSR count). The van der Waals surface area contributed by atoms with Crippen LogP contribution in [0.25, 0.3) is 5.52 Å². The van der Waals surface area contributed by atoms with Crippen molar-refractivity contribution in [2.75, 3.05) is 20.3 Å². The fourth-order valence-electron chi connectivity index (χ4n) is 7.87. The van der Waals surface area contributed by atoms with Gasteiger partial charge in [0.1, 0.15) is 0 Å². The minimum absolute atomic E-state index is 0.0259. The first-order chi connectivity index (χ1) is 18.7. The molecule has 3 unspecified atom stereocenters. The van der Waals surface area contributed by atoms with Crippen molar-refractivity contribution in [3.05, 3.63) is 40.1 Å². The number of nitrogens with one attached hydrogen (secondary N) is 2. The molecular formula is C29H43F3N6O. The third kappa shape index (κ3) is 5.29. The van der Waals surface area contributed by atoms with Crippen LogP contribution >= 0.6 is 0 Å². The van der Waals surface area contributed by atoms with E-state index in [1.165, 1.54) is 35.9 Å². The van der Waals surface area contributed by atoms with E-state index in [0.29, 0.717) is 35.9 Å². The summed E-state index contributed by atoms with van der Waals surface area (Å²) in [6.07, 6.45) is 9.65. The summed E-state index contributed by atoms with van der Waals surface area (Å²) in [6, 6.07) is 1.52. The van der Waals surface area contributed by atoms with E-state index >= 15 is 0 Å². The highest BCUT2D eigenvalue weighted by atomic mass is 19.4. The first-order valence-electron chi connectivity index (χ1n) is 15.0. The van der Waals surface area contributed by atoms with E-state index < -0.39 is 11.7 Å². The van der Waals surface area contributed by atoms with Gasteiger partial charge in [0.2, 0.25) is 0 Å². The Bertz CT molecular complexity index is 1220. The number of piperidine rings is 1. The average Bonchev–Trinajstić information content (AvgIpc) is 3.44. The second-order valence-corrected chi connectivity index (χ2v) is 12.7. The number of halogens is 3. The van der Waals surface area contributed by atoms with E-state index in [-0.39, 0.29) is 23.4 Å². The number of hydrogen-bond acceptors (Lipinski definition) is 5. The zero-order chi connectivity index (χ0) is 27.3. The number of pyridine rings is 1. The highest BCUT2D eigenvalue weighted by molar-refractivity contribution is 5.56. The SMILES string of the molecule is C[C@H]1CCCCN1Cc1cc(C(F)(F)F)c2cn(C3CCCC([C@H](C4CCC4)C4NNCN4C)C3)c(=O)n2c1. The van der Waals surface area contributed by atoms with E-state index in [1.807, 2.05) is 0 Å². The van der Waals surface area contributed by atoms with Crippen LogP contribution in [-0.4, -0.2) is 51.2 Å². The summed E-state index contributed by atoms with van der Waals surface area (Å²) in [4.78, 5) is 18.3. The Morgan fingerprint density at radius 3 is 2.46 bits per heavy atom. The fourth-order valence-corrected chi connectivity index (χ4v) is 7.87. The number of aromatic nitrogens is 2. The molecule has 2 aliphatic heterocycles. The van der Waals surface area contributed by atoms with Crippen molar-refractivity contribution >= 4 is 5.52 Å².